The topological polar surface area (TPSA) is 97.6 Å². The summed E-state index contributed by atoms with van der Waals surface area (Å²) in [6.45, 7) is 0.993. The van der Waals surface area contributed by atoms with Crippen LogP contribution in [0.3, 0.4) is 0 Å². The van der Waals surface area contributed by atoms with Crippen molar-refractivity contribution < 1.29 is 19.0 Å². The van der Waals surface area contributed by atoms with Crippen LogP contribution in [0.15, 0.2) is 35.3 Å². The number of benzene rings is 1. The van der Waals surface area contributed by atoms with Crippen LogP contribution in [-0.2, 0) is 11.2 Å². The van der Waals surface area contributed by atoms with Gasteiger partial charge in [-0.1, -0.05) is 23.5 Å². The smallest absolute Gasteiger partial charge is 0.274 e. The van der Waals surface area contributed by atoms with Crippen LogP contribution in [0.1, 0.15) is 46.4 Å². The highest BCUT2D eigenvalue weighted by Crippen LogP contribution is 2.37. The van der Waals surface area contributed by atoms with Gasteiger partial charge in [0.25, 0.3) is 5.91 Å². The van der Waals surface area contributed by atoms with Gasteiger partial charge in [0, 0.05) is 38.9 Å². The summed E-state index contributed by atoms with van der Waals surface area (Å²) >= 11 is 1.23. The number of halogens is 1. The minimum absolute atomic E-state index is 0.0269. The molecule has 0 unspecified atom stereocenters. The molecule has 5 rings (SSSR count). The van der Waals surface area contributed by atoms with Gasteiger partial charge in [-0.3, -0.25) is 9.59 Å². The van der Waals surface area contributed by atoms with Gasteiger partial charge in [-0.25, -0.2) is 4.39 Å². The normalized spacial score (nSPS) is 17.9. The van der Waals surface area contributed by atoms with E-state index in [-0.39, 0.29) is 35.1 Å². The van der Waals surface area contributed by atoms with Gasteiger partial charge in [0.05, 0.1) is 11.6 Å². The molecule has 1 N–H and O–H groups in total. The number of ether oxygens (including phenoxy) is 1. The fraction of sp³-hybridized carbons (Fsp3) is 0.391. The molecule has 2 aromatic heterocycles. The predicted octanol–water partition coefficient (Wildman–Crippen LogP) is 3.00. The third kappa shape index (κ3) is 4.16. The number of fused-ring (bicyclic) bond motifs is 1. The highest BCUT2D eigenvalue weighted by molar-refractivity contribution is 7.14. The van der Waals surface area contributed by atoms with Crippen LogP contribution in [0.2, 0.25) is 0 Å². The average molecular weight is 471 g/mol. The molecule has 8 nitrogen and oxygen atoms in total. The third-order valence-electron chi connectivity index (χ3n) is 6.08. The molecule has 1 aliphatic heterocycles. The second-order valence-corrected chi connectivity index (χ2v) is 9.47. The lowest BCUT2D eigenvalue weighted by Crippen LogP contribution is -2.45. The van der Waals surface area contributed by atoms with Crippen molar-refractivity contribution in [1.29, 1.82) is 0 Å². The van der Waals surface area contributed by atoms with Crippen LogP contribution >= 0.6 is 11.3 Å². The number of hydrogen-bond donors (Lipinski definition) is 1. The molecule has 1 aromatic carbocycles. The molecule has 1 atom stereocenters. The van der Waals surface area contributed by atoms with Crippen molar-refractivity contribution >= 4 is 17.2 Å². The first kappa shape index (κ1) is 21.7. The summed E-state index contributed by atoms with van der Waals surface area (Å²) in [7, 11) is 1.62. The molecule has 1 aliphatic carbocycles. The van der Waals surface area contributed by atoms with Crippen molar-refractivity contribution in [2.45, 2.75) is 37.8 Å². The summed E-state index contributed by atoms with van der Waals surface area (Å²) in [5.41, 5.74) is 0.463. The van der Waals surface area contributed by atoms with E-state index in [1.807, 2.05) is 0 Å². The molecule has 10 heteroatoms. The Bertz CT molecular complexity index is 1250. The fourth-order valence-corrected chi connectivity index (χ4v) is 5.08. The van der Waals surface area contributed by atoms with E-state index in [0.717, 1.165) is 18.4 Å². The molecule has 1 saturated carbocycles. The number of nitrogens with zero attached hydrogens (tertiary/aromatic N) is 4. The first-order chi connectivity index (χ1) is 16.0. The van der Waals surface area contributed by atoms with E-state index >= 15 is 0 Å². The number of aromatic hydroxyl groups is 1. The number of methoxy groups -OCH3 is 1. The Labute approximate surface area is 193 Å². The van der Waals surface area contributed by atoms with Crippen LogP contribution in [-0.4, -0.2) is 57.0 Å². The number of carbonyl (C=O) groups excluding carboxylic acids is 1. The monoisotopic (exact) mass is 470 g/mol. The average Bonchev–Trinajstić information content (AvgIpc) is 3.55. The van der Waals surface area contributed by atoms with E-state index in [0.29, 0.717) is 36.0 Å². The largest absolute Gasteiger partial charge is 0.503 e. The second-order valence-electron chi connectivity index (χ2n) is 8.40. The van der Waals surface area contributed by atoms with E-state index in [9.17, 15) is 19.1 Å². The maximum Gasteiger partial charge on any atom is 0.274 e. The van der Waals surface area contributed by atoms with Crippen molar-refractivity contribution in [2.75, 3.05) is 20.3 Å². The zero-order valence-electron chi connectivity index (χ0n) is 18.0. The number of hydrogen-bond acceptors (Lipinski definition) is 7. The Kier molecular flexibility index (Phi) is 5.71. The summed E-state index contributed by atoms with van der Waals surface area (Å²) in [6, 6.07) is 6.15. The van der Waals surface area contributed by atoms with Crippen molar-refractivity contribution in [3.63, 3.8) is 0 Å². The fourth-order valence-electron chi connectivity index (χ4n) is 4.20. The summed E-state index contributed by atoms with van der Waals surface area (Å²) in [5.74, 6) is -1.19. The van der Waals surface area contributed by atoms with E-state index in [4.69, 9.17) is 4.74 Å². The van der Waals surface area contributed by atoms with Gasteiger partial charge in [0.15, 0.2) is 16.5 Å². The minimum atomic E-state index is -0.637. The molecule has 2 aliphatic rings. The highest BCUT2D eigenvalue weighted by atomic mass is 32.1. The molecular weight excluding hydrogens is 447 g/mol. The van der Waals surface area contributed by atoms with Crippen molar-refractivity contribution in [3.05, 3.63) is 62.8 Å². The standard InChI is InChI=1S/C23H23FN4O4S/c1-32-9-8-16-11-28(15-6-7-15)23(31)19-21(30)20(29)17(12-27(16)19)22-26-25-18(33-22)10-13-2-4-14(24)5-3-13/h2-5,12,15-16,30H,6-11H2,1H3/t16-/m0/s1. The Hall–Kier alpha value is -3.11. The molecular formula is C23H23FN4O4S. The minimum Gasteiger partial charge on any atom is -0.503 e. The number of carbonyl (C=O) groups is 1. The lowest BCUT2D eigenvalue weighted by Gasteiger charge is -2.36. The maximum absolute atomic E-state index is 13.2. The molecule has 0 saturated heterocycles. The molecule has 1 amide bonds. The molecule has 33 heavy (non-hydrogen) atoms. The Morgan fingerprint density at radius 1 is 1.21 bits per heavy atom. The van der Waals surface area contributed by atoms with E-state index in [1.165, 1.54) is 23.5 Å². The molecule has 0 bridgehead atoms. The molecule has 0 spiro atoms. The zero-order valence-corrected chi connectivity index (χ0v) is 18.8. The molecule has 172 valence electrons. The highest BCUT2D eigenvalue weighted by Gasteiger charge is 2.41. The van der Waals surface area contributed by atoms with Gasteiger partial charge in [-0.05, 0) is 37.0 Å². The Morgan fingerprint density at radius 2 is 1.97 bits per heavy atom. The van der Waals surface area contributed by atoms with Crippen LogP contribution in [0.25, 0.3) is 10.6 Å². The first-order valence-corrected chi connectivity index (χ1v) is 11.6. The van der Waals surface area contributed by atoms with Gasteiger partial charge in [0.1, 0.15) is 10.8 Å². The summed E-state index contributed by atoms with van der Waals surface area (Å²) in [5, 5.41) is 20.1. The summed E-state index contributed by atoms with van der Waals surface area (Å²) in [6.07, 6.45) is 4.57. The van der Waals surface area contributed by atoms with Crippen LogP contribution < -0.4 is 5.43 Å². The summed E-state index contributed by atoms with van der Waals surface area (Å²) in [4.78, 5) is 27.9. The lowest BCUT2D eigenvalue weighted by atomic mass is 10.1. The van der Waals surface area contributed by atoms with E-state index < -0.39 is 11.2 Å². The molecule has 0 radical (unpaired) electrons. The van der Waals surface area contributed by atoms with Gasteiger partial charge in [0.2, 0.25) is 5.43 Å². The molecule has 1 fully saturated rings. The first-order valence-electron chi connectivity index (χ1n) is 10.8. The van der Waals surface area contributed by atoms with Crippen molar-refractivity contribution in [1.82, 2.24) is 19.7 Å². The van der Waals surface area contributed by atoms with Crippen LogP contribution in [0.5, 0.6) is 5.75 Å². The number of aromatic nitrogens is 3. The Balaban J connectivity index is 1.51. The molecule has 3 heterocycles. The second kappa shape index (κ2) is 8.68. The van der Waals surface area contributed by atoms with Crippen LogP contribution in [0, 0.1) is 5.82 Å². The number of rotatable bonds is 7. The third-order valence-corrected chi connectivity index (χ3v) is 7.04. The predicted molar refractivity (Wildman–Crippen MR) is 120 cm³/mol. The maximum atomic E-state index is 13.2. The van der Waals surface area contributed by atoms with Gasteiger partial charge in [-0.15, -0.1) is 10.2 Å². The van der Waals surface area contributed by atoms with Crippen molar-refractivity contribution in [2.24, 2.45) is 0 Å². The number of amides is 1. The Morgan fingerprint density at radius 3 is 2.67 bits per heavy atom. The van der Waals surface area contributed by atoms with Gasteiger partial charge in [-0.2, -0.15) is 0 Å². The van der Waals surface area contributed by atoms with Gasteiger partial charge < -0.3 is 19.3 Å². The lowest BCUT2D eigenvalue weighted by molar-refractivity contribution is 0.0617. The van der Waals surface area contributed by atoms with Crippen LogP contribution in [0.4, 0.5) is 4.39 Å². The molecule has 3 aromatic rings. The zero-order chi connectivity index (χ0) is 23.1. The van der Waals surface area contributed by atoms with Crippen molar-refractivity contribution in [3.8, 4) is 16.3 Å². The van der Waals surface area contributed by atoms with E-state index in [1.54, 1.807) is 34.9 Å². The SMILES string of the molecule is COCC[C@H]1CN(C2CC2)C(=O)c2c(O)c(=O)c(-c3nnc(Cc4ccc(F)cc4)s3)cn21. The quantitative estimate of drug-likeness (QED) is 0.570. The van der Waals surface area contributed by atoms with E-state index in [2.05, 4.69) is 10.2 Å². The number of pyridine rings is 1. The van der Waals surface area contributed by atoms with Gasteiger partial charge >= 0.3 is 0 Å². The summed E-state index contributed by atoms with van der Waals surface area (Å²) < 4.78 is 20.1.